The summed E-state index contributed by atoms with van der Waals surface area (Å²) in [5, 5.41) is 0. The van der Waals surface area contributed by atoms with Gasteiger partial charge in [-0.05, 0) is 30.2 Å². The summed E-state index contributed by atoms with van der Waals surface area (Å²) < 4.78 is 4.81. The van der Waals surface area contributed by atoms with E-state index in [0.717, 1.165) is 18.7 Å². The number of nitrogens with zero attached hydrogens (tertiary/aromatic N) is 1. The van der Waals surface area contributed by atoms with E-state index in [1.807, 2.05) is 18.4 Å². The number of rotatable bonds is 3. The molecule has 3 nitrogen and oxygen atoms in total. The molecule has 0 aromatic heterocycles. The van der Waals surface area contributed by atoms with E-state index < -0.39 is 0 Å². The van der Waals surface area contributed by atoms with Gasteiger partial charge in [-0.25, -0.2) is 0 Å². The van der Waals surface area contributed by atoms with E-state index in [-0.39, 0.29) is 0 Å². The van der Waals surface area contributed by atoms with Gasteiger partial charge in [0.2, 0.25) is 0 Å². The molecule has 0 amide bonds. The molecule has 1 aromatic rings. The van der Waals surface area contributed by atoms with Crippen LogP contribution in [0.15, 0.2) is 18.2 Å². The zero-order valence-electron chi connectivity index (χ0n) is 8.32. The fourth-order valence-electron chi connectivity index (χ4n) is 1.67. The third-order valence-electron chi connectivity index (χ3n) is 2.38. The number of benzene rings is 1. The van der Waals surface area contributed by atoms with Crippen LogP contribution in [0.4, 0.5) is 5.69 Å². The van der Waals surface area contributed by atoms with Crippen molar-refractivity contribution >= 4 is 17.7 Å². The lowest BCUT2D eigenvalue weighted by atomic mass is 10.1. The van der Waals surface area contributed by atoms with Crippen molar-refractivity contribution < 1.29 is 9.22 Å². The van der Waals surface area contributed by atoms with Crippen LogP contribution in [0.5, 0.6) is 5.75 Å². The van der Waals surface area contributed by atoms with Crippen LogP contribution in [-0.4, -0.2) is 19.8 Å². The molecule has 4 heteroatoms. The summed E-state index contributed by atoms with van der Waals surface area (Å²) in [4.78, 5) is 7.30. The molecular formula is C10H13NO2S. The molecule has 0 bridgehead atoms. The Labute approximate surface area is 88.1 Å². The van der Waals surface area contributed by atoms with Crippen molar-refractivity contribution in [2.45, 2.75) is 6.42 Å². The van der Waals surface area contributed by atoms with Crippen molar-refractivity contribution in [3.05, 3.63) is 23.8 Å². The maximum Gasteiger partial charge on any atom is 0.167 e. The maximum atomic E-state index is 5.06. The Kier molecular flexibility index (Phi) is 2.84. The summed E-state index contributed by atoms with van der Waals surface area (Å²) in [5.41, 5.74) is 2.62. The Morgan fingerprint density at radius 3 is 3.07 bits per heavy atom. The second kappa shape index (κ2) is 4.11. The minimum Gasteiger partial charge on any atom is -0.374 e. The molecule has 0 unspecified atom stereocenters. The Hall–Kier alpha value is -0.870. The molecule has 0 aliphatic carbocycles. The largest absolute Gasteiger partial charge is 0.374 e. The van der Waals surface area contributed by atoms with Crippen LogP contribution in [0, 0.1) is 0 Å². The first-order chi connectivity index (χ1) is 6.81. The molecule has 1 aromatic carbocycles. The zero-order chi connectivity index (χ0) is 9.97. The van der Waals surface area contributed by atoms with Crippen LogP contribution in [0.2, 0.25) is 0 Å². The second-order valence-electron chi connectivity index (χ2n) is 3.28. The van der Waals surface area contributed by atoms with Gasteiger partial charge in [0.05, 0.1) is 0 Å². The van der Waals surface area contributed by atoms with Gasteiger partial charge in [0.15, 0.2) is 5.75 Å². The second-order valence-corrected chi connectivity index (χ2v) is 3.75. The first-order valence-corrected chi connectivity index (χ1v) is 5.67. The summed E-state index contributed by atoms with van der Waals surface area (Å²) >= 11 is 1.20. The predicted molar refractivity (Wildman–Crippen MR) is 58.6 cm³/mol. The van der Waals surface area contributed by atoms with E-state index in [1.54, 1.807) is 0 Å². The summed E-state index contributed by atoms with van der Waals surface area (Å²) in [6, 6.07) is 6.04. The maximum absolute atomic E-state index is 5.06. The van der Waals surface area contributed by atoms with E-state index >= 15 is 0 Å². The summed E-state index contributed by atoms with van der Waals surface area (Å²) in [6.07, 6.45) is 2.91. The smallest absolute Gasteiger partial charge is 0.167 e. The Morgan fingerprint density at radius 1 is 1.43 bits per heavy atom. The Morgan fingerprint density at radius 2 is 2.29 bits per heavy atom. The standard InChI is InChI=1S/C10H13NO2S/c1-11-6-5-8-7-9(12-13-14-2)3-4-10(8)11/h3-4,7H,5-6H2,1-2H3. The molecular weight excluding hydrogens is 198 g/mol. The Balaban J connectivity index is 2.15. The van der Waals surface area contributed by atoms with Crippen molar-refractivity contribution in [1.29, 1.82) is 0 Å². The average molecular weight is 211 g/mol. The quantitative estimate of drug-likeness (QED) is 0.434. The van der Waals surface area contributed by atoms with Crippen LogP contribution in [-0.2, 0) is 10.8 Å². The van der Waals surface area contributed by atoms with Crippen LogP contribution < -0.4 is 9.79 Å². The van der Waals surface area contributed by atoms with Crippen LogP contribution >= 0.6 is 12.0 Å². The first-order valence-electron chi connectivity index (χ1n) is 4.52. The lowest BCUT2D eigenvalue weighted by molar-refractivity contribution is -0.0771. The van der Waals surface area contributed by atoms with Crippen molar-refractivity contribution in [3.63, 3.8) is 0 Å². The molecule has 1 aliphatic rings. The van der Waals surface area contributed by atoms with E-state index in [0.29, 0.717) is 0 Å². The van der Waals surface area contributed by atoms with Gasteiger partial charge in [-0.2, -0.15) is 0 Å². The van der Waals surface area contributed by atoms with Gasteiger partial charge in [0.1, 0.15) is 0 Å². The molecule has 14 heavy (non-hydrogen) atoms. The normalized spacial score (nSPS) is 14.3. The minimum atomic E-state index is 0.772. The molecule has 0 saturated carbocycles. The van der Waals surface area contributed by atoms with Gasteiger partial charge in [-0.15, -0.1) is 4.33 Å². The van der Waals surface area contributed by atoms with Gasteiger partial charge in [-0.1, -0.05) is 0 Å². The highest BCUT2D eigenvalue weighted by Crippen LogP contribution is 2.30. The van der Waals surface area contributed by atoms with E-state index in [2.05, 4.69) is 18.0 Å². The number of anilines is 1. The highest BCUT2D eigenvalue weighted by Gasteiger charge is 2.15. The predicted octanol–water partition coefficient (Wildman–Crippen LogP) is 2.27. The molecule has 1 aliphatic heterocycles. The molecule has 0 atom stereocenters. The number of hydrogen-bond acceptors (Lipinski definition) is 4. The summed E-state index contributed by atoms with van der Waals surface area (Å²) in [5.74, 6) is 0.772. The number of fused-ring (bicyclic) bond motifs is 1. The van der Waals surface area contributed by atoms with Gasteiger partial charge >= 0.3 is 0 Å². The van der Waals surface area contributed by atoms with Crippen LogP contribution in [0.25, 0.3) is 0 Å². The summed E-state index contributed by atoms with van der Waals surface area (Å²) in [7, 11) is 2.10. The van der Waals surface area contributed by atoms with Gasteiger partial charge in [0, 0.05) is 37.6 Å². The molecule has 0 N–H and O–H groups in total. The van der Waals surface area contributed by atoms with Gasteiger partial charge in [-0.3, -0.25) is 0 Å². The molecule has 0 fully saturated rings. The van der Waals surface area contributed by atoms with Crippen LogP contribution in [0.3, 0.4) is 0 Å². The number of hydrogen-bond donors (Lipinski definition) is 0. The number of likely N-dealkylation sites (N-methyl/N-ethyl adjacent to an activating group) is 1. The molecule has 1 heterocycles. The first kappa shape index (κ1) is 9.68. The molecule has 2 rings (SSSR count). The third kappa shape index (κ3) is 1.81. The fraction of sp³-hybridized carbons (Fsp3) is 0.400. The topological polar surface area (TPSA) is 21.7 Å². The highest BCUT2D eigenvalue weighted by molar-refractivity contribution is 7.93. The van der Waals surface area contributed by atoms with Gasteiger partial charge < -0.3 is 9.79 Å². The Bertz CT molecular complexity index is 330. The highest BCUT2D eigenvalue weighted by atomic mass is 32.2. The van der Waals surface area contributed by atoms with Gasteiger partial charge in [0.25, 0.3) is 0 Å². The SMILES string of the molecule is CSOOc1ccc2c(c1)CCN2C. The van der Waals surface area contributed by atoms with Crippen molar-refractivity contribution in [3.8, 4) is 5.75 Å². The lowest BCUT2D eigenvalue weighted by Crippen LogP contribution is -2.12. The van der Waals surface area contributed by atoms with E-state index in [4.69, 9.17) is 9.22 Å². The minimum absolute atomic E-state index is 0.772. The fourth-order valence-corrected chi connectivity index (χ4v) is 1.81. The van der Waals surface area contributed by atoms with E-state index in [9.17, 15) is 0 Å². The average Bonchev–Trinajstić information content (AvgIpc) is 2.57. The van der Waals surface area contributed by atoms with Crippen molar-refractivity contribution in [2.24, 2.45) is 0 Å². The van der Waals surface area contributed by atoms with E-state index in [1.165, 1.54) is 23.3 Å². The molecule has 0 spiro atoms. The molecule has 0 radical (unpaired) electrons. The monoisotopic (exact) mass is 211 g/mol. The third-order valence-corrected chi connectivity index (χ3v) is 2.58. The van der Waals surface area contributed by atoms with Crippen molar-refractivity contribution in [2.75, 3.05) is 24.7 Å². The zero-order valence-corrected chi connectivity index (χ0v) is 9.13. The molecule has 0 saturated heterocycles. The van der Waals surface area contributed by atoms with Crippen LogP contribution in [0.1, 0.15) is 5.56 Å². The summed E-state index contributed by atoms with van der Waals surface area (Å²) in [6.45, 7) is 1.09. The van der Waals surface area contributed by atoms with Crippen molar-refractivity contribution in [1.82, 2.24) is 0 Å². The lowest BCUT2D eigenvalue weighted by Gasteiger charge is -2.11. The molecule has 76 valence electrons.